The standard InChI is InChI=1S/C26H23N5O5/c1-15(2)22-27-21(30-36-22)17-6-4-16(5-7-17)10-11-26(24(33)28-25(34)29-26)14-31-13-18-8-9-19(35-3)12-20(18)23(31)32/h4-9,12,15H,13-14H2,1-3H3,(H2,28,29,33,34)/t26-/m1/s1. The average Bonchev–Trinajstić information content (AvgIpc) is 3.55. The maximum absolute atomic E-state index is 13.0. The van der Waals surface area contributed by atoms with Crippen molar-refractivity contribution >= 4 is 17.8 Å². The molecular formula is C26H23N5O5. The molecule has 0 aliphatic carbocycles. The summed E-state index contributed by atoms with van der Waals surface area (Å²) in [5.41, 5.74) is 1.09. The largest absolute Gasteiger partial charge is 0.497 e. The molecule has 10 heteroatoms. The Morgan fingerprint density at radius 3 is 2.58 bits per heavy atom. The molecule has 0 unspecified atom stereocenters. The van der Waals surface area contributed by atoms with E-state index < -0.39 is 17.5 Å². The second-order valence-corrected chi connectivity index (χ2v) is 8.94. The molecule has 3 aromatic rings. The van der Waals surface area contributed by atoms with Gasteiger partial charge in [-0.1, -0.05) is 36.9 Å². The zero-order valence-corrected chi connectivity index (χ0v) is 19.9. The van der Waals surface area contributed by atoms with Gasteiger partial charge in [0.2, 0.25) is 17.3 Å². The third kappa shape index (κ3) is 4.15. The smallest absolute Gasteiger partial charge is 0.323 e. The lowest BCUT2D eigenvalue weighted by molar-refractivity contribution is -0.122. The number of nitrogens with one attached hydrogen (secondary N) is 2. The van der Waals surface area contributed by atoms with Crippen LogP contribution in [-0.4, -0.2) is 52.1 Å². The van der Waals surface area contributed by atoms with E-state index in [0.717, 1.165) is 11.1 Å². The van der Waals surface area contributed by atoms with Gasteiger partial charge in [0.05, 0.1) is 13.7 Å². The molecule has 0 radical (unpaired) electrons. The summed E-state index contributed by atoms with van der Waals surface area (Å²) in [6, 6.07) is 11.7. The molecule has 0 saturated carbocycles. The fourth-order valence-electron chi connectivity index (χ4n) is 4.08. The van der Waals surface area contributed by atoms with E-state index in [0.29, 0.717) is 35.1 Å². The highest BCUT2D eigenvalue weighted by molar-refractivity contribution is 6.10. The lowest BCUT2D eigenvalue weighted by Crippen LogP contribution is -2.54. The van der Waals surface area contributed by atoms with Gasteiger partial charge in [0.15, 0.2) is 0 Å². The van der Waals surface area contributed by atoms with Crippen molar-refractivity contribution in [1.29, 1.82) is 0 Å². The molecule has 3 heterocycles. The van der Waals surface area contributed by atoms with Crippen molar-refractivity contribution in [3.8, 4) is 29.0 Å². The minimum absolute atomic E-state index is 0.105. The molecule has 0 spiro atoms. The quantitative estimate of drug-likeness (QED) is 0.420. The van der Waals surface area contributed by atoms with Gasteiger partial charge in [-0.25, -0.2) is 4.79 Å². The van der Waals surface area contributed by atoms with E-state index in [2.05, 4.69) is 32.6 Å². The van der Waals surface area contributed by atoms with E-state index in [1.54, 1.807) is 36.4 Å². The zero-order chi connectivity index (χ0) is 25.4. The fraction of sp³-hybridized carbons (Fsp3) is 0.269. The number of carbonyl (C=O) groups is 3. The van der Waals surface area contributed by atoms with Crippen molar-refractivity contribution in [2.75, 3.05) is 13.7 Å². The van der Waals surface area contributed by atoms with E-state index in [-0.39, 0.29) is 18.4 Å². The second kappa shape index (κ2) is 8.85. The Morgan fingerprint density at radius 2 is 1.94 bits per heavy atom. The highest BCUT2D eigenvalue weighted by Crippen LogP contribution is 2.28. The summed E-state index contributed by atoms with van der Waals surface area (Å²) in [4.78, 5) is 43.8. The van der Waals surface area contributed by atoms with Crippen molar-refractivity contribution in [1.82, 2.24) is 25.7 Å². The number of aromatic nitrogens is 2. The Morgan fingerprint density at radius 1 is 1.17 bits per heavy atom. The summed E-state index contributed by atoms with van der Waals surface area (Å²) < 4.78 is 10.5. The Hall–Kier alpha value is -4.65. The first-order valence-electron chi connectivity index (χ1n) is 11.3. The third-order valence-electron chi connectivity index (χ3n) is 6.06. The Labute approximate surface area is 207 Å². The van der Waals surface area contributed by atoms with Gasteiger partial charge in [-0.05, 0) is 42.0 Å². The molecule has 0 bridgehead atoms. The van der Waals surface area contributed by atoms with Gasteiger partial charge in [0.25, 0.3) is 11.8 Å². The number of imide groups is 1. The molecule has 36 heavy (non-hydrogen) atoms. The predicted molar refractivity (Wildman–Crippen MR) is 128 cm³/mol. The molecule has 182 valence electrons. The van der Waals surface area contributed by atoms with Gasteiger partial charge in [-0.3, -0.25) is 14.9 Å². The Balaban J connectivity index is 1.39. The molecule has 1 atom stereocenters. The third-order valence-corrected chi connectivity index (χ3v) is 6.06. The summed E-state index contributed by atoms with van der Waals surface area (Å²) in [5.74, 6) is 6.71. The number of hydrogen-bond donors (Lipinski definition) is 2. The van der Waals surface area contributed by atoms with Crippen LogP contribution in [0, 0.1) is 11.8 Å². The monoisotopic (exact) mass is 485 g/mol. The summed E-state index contributed by atoms with van der Waals surface area (Å²) in [5, 5.41) is 8.85. The van der Waals surface area contributed by atoms with Gasteiger partial charge in [0.1, 0.15) is 5.75 Å². The van der Waals surface area contributed by atoms with Crippen molar-refractivity contribution in [3.05, 3.63) is 65.0 Å². The summed E-state index contributed by atoms with van der Waals surface area (Å²) >= 11 is 0. The number of nitrogens with zero attached hydrogens (tertiary/aromatic N) is 3. The summed E-state index contributed by atoms with van der Waals surface area (Å²) in [6.07, 6.45) is 0. The van der Waals surface area contributed by atoms with Gasteiger partial charge in [0, 0.05) is 29.2 Å². The van der Waals surface area contributed by atoms with Crippen molar-refractivity contribution in [2.45, 2.75) is 31.8 Å². The van der Waals surface area contributed by atoms with Gasteiger partial charge in [-0.2, -0.15) is 4.98 Å². The Kier molecular flexibility index (Phi) is 5.68. The van der Waals surface area contributed by atoms with E-state index in [1.165, 1.54) is 12.0 Å². The molecule has 5 rings (SSSR count). The van der Waals surface area contributed by atoms with Crippen LogP contribution in [0.3, 0.4) is 0 Å². The van der Waals surface area contributed by atoms with Crippen LogP contribution < -0.4 is 15.4 Å². The highest BCUT2D eigenvalue weighted by Gasteiger charge is 2.48. The van der Waals surface area contributed by atoms with Crippen LogP contribution in [0.4, 0.5) is 4.79 Å². The molecule has 2 aromatic carbocycles. The fourth-order valence-corrected chi connectivity index (χ4v) is 4.08. The minimum atomic E-state index is -1.59. The van der Waals surface area contributed by atoms with Crippen LogP contribution in [0.2, 0.25) is 0 Å². The molecule has 1 fully saturated rings. The van der Waals surface area contributed by atoms with Crippen LogP contribution in [0.5, 0.6) is 5.75 Å². The first kappa shape index (κ1) is 23.1. The number of rotatable bonds is 5. The van der Waals surface area contributed by atoms with Gasteiger partial charge in [-0.15, -0.1) is 0 Å². The minimum Gasteiger partial charge on any atom is -0.497 e. The molecule has 4 amide bonds. The van der Waals surface area contributed by atoms with Crippen molar-refractivity contribution in [2.24, 2.45) is 0 Å². The molecule has 2 aliphatic heterocycles. The molecule has 2 aliphatic rings. The number of fused-ring (bicyclic) bond motifs is 1. The van der Waals surface area contributed by atoms with Crippen LogP contribution in [-0.2, 0) is 11.3 Å². The van der Waals surface area contributed by atoms with E-state index >= 15 is 0 Å². The number of amides is 4. The van der Waals surface area contributed by atoms with Crippen molar-refractivity contribution < 1.29 is 23.6 Å². The topological polar surface area (TPSA) is 127 Å². The number of carbonyl (C=O) groups excluding carboxylic acids is 3. The first-order valence-corrected chi connectivity index (χ1v) is 11.3. The van der Waals surface area contributed by atoms with Gasteiger partial charge < -0.3 is 19.5 Å². The second-order valence-electron chi connectivity index (χ2n) is 8.94. The average molecular weight is 486 g/mol. The number of hydrogen-bond acceptors (Lipinski definition) is 7. The van der Waals surface area contributed by atoms with Crippen LogP contribution >= 0.6 is 0 Å². The molecule has 2 N–H and O–H groups in total. The molecule has 1 saturated heterocycles. The maximum Gasteiger partial charge on any atom is 0.323 e. The summed E-state index contributed by atoms with van der Waals surface area (Å²) in [7, 11) is 1.53. The molecule has 1 aromatic heterocycles. The van der Waals surface area contributed by atoms with E-state index in [4.69, 9.17) is 9.26 Å². The zero-order valence-electron chi connectivity index (χ0n) is 19.9. The number of methoxy groups -OCH3 is 1. The number of benzene rings is 2. The Bertz CT molecular complexity index is 1430. The van der Waals surface area contributed by atoms with Crippen LogP contribution in [0.25, 0.3) is 11.4 Å². The van der Waals surface area contributed by atoms with Crippen LogP contribution in [0.15, 0.2) is 47.0 Å². The van der Waals surface area contributed by atoms with Crippen LogP contribution in [0.1, 0.15) is 47.1 Å². The SMILES string of the molecule is COc1ccc2c(c1)C(=O)N(C[C@@]1(C#Cc3ccc(-c4noc(C(C)C)n4)cc3)NC(=O)NC1=O)C2. The molecule has 10 nitrogen and oxygen atoms in total. The summed E-state index contributed by atoms with van der Waals surface area (Å²) in [6.45, 7) is 4.12. The molecular weight excluding hydrogens is 462 g/mol. The van der Waals surface area contributed by atoms with E-state index in [1.807, 2.05) is 19.9 Å². The highest BCUT2D eigenvalue weighted by atomic mass is 16.5. The number of urea groups is 1. The first-order chi connectivity index (χ1) is 17.3. The maximum atomic E-state index is 13.0. The predicted octanol–water partition coefficient (Wildman–Crippen LogP) is 2.45. The van der Waals surface area contributed by atoms with Crippen molar-refractivity contribution in [3.63, 3.8) is 0 Å². The van der Waals surface area contributed by atoms with Gasteiger partial charge >= 0.3 is 6.03 Å². The van der Waals surface area contributed by atoms with E-state index in [9.17, 15) is 14.4 Å². The lowest BCUT2D eigenvalue weighted by atomic mass is 9.99. The lowest BCUT2D eigenvalue weighted by Gasteiger charge is -2.26. The normalized spacial score (nSPS) is 18.6. The number of ether oxygens (including phenoxy) is 1.